The molecule has 2 aromatic carbocycles. The molecule has 0 aliphatic heterocycles. The molecule has 0 amide bonds. The van der Waals surface area contributed by atoms with Gasteiger partial charge >= 0.3 is 5.97 Å². The summed E-state index contributed by atoms with van der Waals surface area (Å²) in [6.45, 7) is 6.52. The van der Waals surface area contributed by atoms with Crippen LogP contribution in [0, 0.1) is 0 Å². The highest BCUT2D eigenvalue weighted by molar-refractivity contribution is 5.87. The highest BCUT2D eigenvalue weighted by Crippen LogP contribution is 2.38. The van der Waals surface area contributed by atoms with Crippen LogP contribution in [0.2, 0.25) is 0 Å². The standard InChI is InChI=1S/C21H25NO3/c1-5-16-21(20(23)25-4,17-10-8-7-9-11-17)22(6-2)18-12-14-19(24-3)15-13-18/h5,7-15H,1,6,16H2,2-4H3. The van der Waals surface area contributed by atoms with Gasteiger partial charge in [-0.1, -0.05) is 36.4 Å². The largest absolute Gasteiger partial charge is 0.497 e. The van der Waals surface area contributed by atoms with Gasteiger partial charge in [0.05, 0.1) is 14.2 Å². The molecule has 1 unspecified atom stereocenters. The van der Waals surface area contributed by atoms with Gasteiger partial charge in [0.1, 0.15) is 5.75 Å². The Balaban J connectivity index is 2.65. The topological polar surface area (TPSA) is 38.8 Å². The molecular formula is C21H25NO3. The van der Waals surface area contributed by atoms with Crippen LogP contribution in [-0.4, -0.2) is 26.7 Å². The van der Waals surface area contributed by atoms with Gasteiger partial charge in [-0.3, -0.25) is 0 Å². The van der Waals surface area contributed by atoms with Gasteiger partial charge < -0.3 is 14.4 Å². The fourth-order valence-corrected chi connectivity index (χ4v) is 3.22. The molecule has 0 saturated heterocycles. The molecule has 0 heterocycles. The van der Waals surface area contributed by atoms with Gasteiger partial charge in [0, 0.05) is 18.7 Å². The second kappa shape index (κ2) is 8.38. The maximum absolute atomic E-state index is 13.0. The molecule has 0 bridgehead atoms. The summed E-state index contributed by atoms with van der Waals surface area (Å²) in [6, 6.07) is 17.4. The molecule has 4 heteroatoms. The Morgan fingerprint density at radius 2 is 1.76 bits per heavy atom. The zero-order valence-corrected chi connectivity index (χ0v) is 15.1. The molecule has 132 valence electrons. The summed E-state index contributed by atoms with van der Waals surface area (Å²) in [4.78, 5) is 15.0. The van der Waals surface area contributed by atoms with E-state index in [9.17, 15) is 4.79 Å². The van der Waals surface area contributed by atoms with Crippen LogP contribution in [0.4, 0.5) is 5.69 Å². The van der Waals surface area contributed by atoms with Gasteiger partial charge in [-0.05, 0) is 36.8 Å². The number of hydrogen-bond acceptors (Lipinski definition) is 4. The van der Waals surface area contributed by atoms with Crippen LogP contribution in [0.15, 0.2) is 67.3 Å². The molecular weight excluding hydrogens is 314 g/mol. The smallest absolute Gasteiger partial charge is 0.336 e. The fraction of sp³-hybridized carbons (Fsp3) is 0.286. The predicted octanol–water partition coefficient (Wildman–Crippen LogP) is 4.17. The first-order valence-corrected chi connectivity index (χ1v) is 8.30. The van der Waals surface area contributed by atoms with Gasteiger partial charge in [0.2, 0.25) is 0 Å². The van der Waals surface area contributed by atoms with Gasteiger partial charge in [0.15, 0.2) is 5.54 Å². The first kappa shape index (κ1) is 18.6. The lowest BCUT2D eigenvalue weighted by atomic mass is 9.84. The third-order valence-electron chi connectivity index (χ3n) is 4.38. The summed E-state index contributed by atoms with van der Waals surface area (Å²) >= 11 is 0. The Kier molecular flexibility index (Phi) is 6.23. The van der Waals surface area contributed by atoms with Crippen LogP contribution in [0.1, 0.15) is 18.9 Å². The second-order valence-electron chi connectivity index (χ2n) is 5.65. The van der Waals surface area contributed by atoms with E-state index in [1.54, 1.807) is 13.2 Å². The Hall–Kier alpha value is -2.75. The van der Waals surface area contributed by atoms with Crippen molar-refractivity contribution in [3.05, 3.63) is 72.8 Å². The van der Waals surface area contributed by atoms with Crippen molar-refractivity contribution in [2.24, 2.45) is 0 Å². The van der Waals surface area contributed by atoms with Gasteiger partial charge in [-0.15, -0.1) is 6.58 Å². The van der Waals surface area contributed by atoms with E-state index < -0.39 is 5.54 Å². The molecule has 2 aromatic rings. The summed E-state index contributed by atoms with van der Waals surface area (Å²) in [5.74, 6) is 0.461. The number of carbonyl (C=O) groups is 1. The molecule has 0 saturated carbocycles. The number of esters is 1. The molecule has 2 rings (SSSR count). The molecule has 1 atom stereocenters. The summed E-state index contributed by atoms with van der Waals surface area (Å²) in [5, 5.41) is 0. The highest BCUT2D eigenvalue weighted by Gasteiger charge is 2.45. The van der Waals surface area contributed by atoms with Crippen LogP contribution in [0.3, 0.4) is 0 Å². The number of hydrogen-bond donors (Lipinski definition) is 0. The maximum Gasteiger partial charge on any atom is 0.336 e. The molecule has 0 radical (unpaired) electrons. The Morgan fingerprint density at radius 3 is 2.24 bits per heavy atom. The number of benzene rings is 2. The van der Waals surface area contributed by atoms with E-state index in [0.717, 1.165) is 17.0 Å². The maximum atomic E-state index is 13.0. The van der Waals surface area contributed by atoms with Crippen molar-refractivity contribution >= 4 is 11.7 Å². The Bertz CT molecular complexity index is 697. The van der Waals surface area contributed by atoms with Crippen molar-refractivity contribution in [1.29, 1.82) is 0 Å². The van der Waals surface area contributed by atoms with Crippen LogP contribution in [0.5, 0.6) is 5.75 Å². The highest BCUT2D eigenvalue weighted by atomic mass is 16.5. The SMILES string of the molecule is C=CCC(C(=O)OC)(c1ccccc1)N(CC)c1ccc(OC)cc1. The fourth-order valence-electron chi connectivity index (χ4n) is 3.22. The van der Waals surface area contributed by atoms with Gasteiger partial charge in [-0.2, -0.15) is 0 Å². The summed E-state index contributed by atoms with van der Waals surface area (Å²) < 4.78 is 10.5. The van der Waals surface area contributed by atoms with Gasteiger partial charge in [-0.25, -0.2) is 4.79 Å². The minimum Gasteiger partial charge on any atom is -0.497 e. The van der Waals surface area contributed by atoms with Crippen molar-refractivity contribution in [3.8, 4) is 5.75 Å². The zero-order valence-electron chi connectivity index (χ0n) is 15.1. The molecule has 25 heavy (non-hydrogen) atoms. The lowest BCUT2D eigenvalue weighted by Crippen LogP contribution is -2.52. The third-order valence-corrected chi connectivity index (χ3v) is 4.38. The van der Waals surface area contributed by atoms with Crippen LogP contribution in [-0.2, 0) is 15.1 Å². The number of nitrogens with zero attached hydrogens (tertiary/aromatic N) is 1. The molecule has 0 spiro atoms. The van der Waals surface area contributed by atoms with E-state index in [-0.39, 0.29) is 5.97 Å². The number of anilines is 1. The van der Waals surface area contributed by atoms with Crippen molar-refractivity contribution < 1.29 is 14.3 Å². The first-order valence-electron chi connectivity index (χ1n) is 8.30. The average Bonchev–Trinajstić information content (AvgIpc) is 2.68. The third kappa shape index (κ3) is 3.53. The summed E-state index contributed by atoms with van der Waals surface area (Å²) in [6.07, 6.45) is 2.19. The quantitative estimate of drug-likeness (QED) is 0.534. The van der Waals surface area contributed by atoms with E-state index in [1.807, 2.05) is 61.5 Å². The number of ether oxygens (including phenoxy) is 2. The predicted molar refractivity (Wildman–Crippen MR) is 101 cm³/mol. The number of rotatable bonds is 8. The van der Waals surface area contributed by atoms with Crippen molar-refractivity contribution in [2.45, 2.75) is 18.9 Å². The molecule has 0 fully saturated rings. The lowest BCUT2D eigenvalue weighted by molar-refractivity contribution is -0.147. The second-order valence-corrected chi connectivity index (χ2v) is 5.65. The number of likely N-dealkylation sites (N-methyl/N-ethyl adjacent to an activating group) is 1. The van der Waals surface area contributed by atoms with Crippen molar-refractivity contribution in [2.75, 3.05) is 25.7 Å². The van der Waals surface area contributed by atoms with Crippen molar-refractivity contribution in [1.82, 2.24) is 0 Å². The van der Waals surface area contributed by atoms with E-state index in [2.05, 4.69) is 11.5 Å². The van der Waals surface area contributed by atoms with Gasteiger partial charge in [0.25, 0.3) is 0 Å². The molecule has 0 aromatic heterocycles. The first-order chi connectivity index (χ1) is 12.1. The minimum atomic E-state index is -0.971. The van der Waals surface area contributed by atoms with Crippen LogP contribution in [0.25, 0.3) is 0 Å². The number of carbonyl (C=O) groups excluding carboxylic acids is 1. The average molecular weight is 339 g/mol. The number of methoxy groups -OCH3 is 2. The molecule has 0 N–H and O–H groups in total. The molecule has 4 nitrogen and oxygen atoms in total. The summed E-state index contributed by atoms with van der Waals surface area (Å²) in [5.41, 5.74) is 0.819. The van der Waals surface area contributed by atoms with E-state index >= 15 is 0 Å². The Labute approximate surface area is 149 Å². The minimum absolute atomic E-state index is 0.309. The van der Waals surface area contributed by atoms with E-state index in [4.69, 9.17) is 9.47 Å². The van der Waals surface area contributed by atoms with Crippen molar-refractivity contribution in [3.63, 3.8) is 0 Å². The summed E-state index contributed by atoms with van der Waals surface area (Å²) in [7, 11) is 3.05. The molecule has 0 aliphatic carbocycles. The van der Waals surface area contributed by atoms with E-state index in [0.29, 0.717) is 13.0 Å². The lowest BCUT2D eigenvalue weighted by Gasteiger charge is -2.42. The molecule has 0 aliphatic rings. The van der Waals surface area contributed by atoms with Crippen LogP contribution < -0.4 is 9.64 Å². The Morgan fingerprint density at radius 1 is 1.12 bits per heavy atom. The normalized spacial score (nSPS) is 12.8. The van der Waals surface area contributed by atoms with E-state index in [1.165, 1.54) is 7.11 Å². The van der Waals surface area contributed by atoms with Crippen LogP contribution >= 0.6 is 0 Å². The zero-order chi connectivity index (χ0) is 18.3. The monoisotopic (exact) mass is 339 g/mol.